The molecule has 4 nitrogen and oxygen atoms in total. The molecule has 0 amide bonds. The van der Waals surface area contributed by atoms with Gasteiger partial charge < -0.3 is 18.0 Å². The minimum absolute atomic E-state index is 0.264. The van der Waals surface area contributed by atoms with Gasteiger partial charge in [-0.05, 0) is 103 Å². The number of allylic oxidation sites excluding steroid dienone is 2. The van der Waals surface area contributed by atoms with Crippen LogP contribution < -0.4 is 0 Å². The topological polar surface area (TPSA) is 36.9 Å². The highest BCUT2D eigenvalue weighted by Gasteiger charge is 2.48. The molecule has 186 valence electrons. The summed E-state index contributed by atoms with van der Waals surface area (Å²) in [5.74, 6) is 1.35. The van der Waals surface area contributed by atoms with Crippen LogP contribution in [0.2, 0.25) is 51.4 Å². The second-order valence-corrected chi connectivity index (χ2v) is 24.3. The van der Waals surface area contributed by atoms with E-state index in [0.717, 1.165) is 36.1 Å². The Morgan fingerprint density at radius 3 is 1.44 bits per heavy atom. The van der Waals surface area contributed by atoms with Gasteiger partial charge in [0, 0.05) is 0 Å². The molecule has 0 heterocycles. The highest BCUT2D eigenvalue weighted by atomic mass is 28.4. The summed E-state index contributed by atoms with van der Waals surface area (Å²) in [7, 11) is -5.84. The van der Waals surface area contributed by atoms with Crippen LogP contribution in [0, 0.1) is 0 Å². The second kappa shape index (κ2) is 12.6. The smallest absolute Gasteiger partial charge is 0.203 e. The van der Waals surface area contributed by atoms with Gasteiger partial charge in [0.05, 0.1) is 18.4 Å². The summed E-state index contributed by atoms with van der Waals surface area (Å²) in [5.41, 5.74) is 1.76. The van der Waals surface area contributed by atoms with Crippen LogP contribution >= 0.6 is 0 Å². The van der Waals surface area contributed by atoms with Gasteiger partial charge in [-0.1, -0.05) is 26.3 Å². The zero-order valence-electron chi connectivity index (χ0n) is 22.7. The summed E-state index contributed by atoms with van der Waals surface area (Å²) < 4.78 is 25.1. The largest absolute Gasteiger partial charge is 0.494 e. The molecule has 0 fully saturated rings. The summed E-state index contributed by atoms with van der Waals surface area (Å²) in [4.78, 5) is 0. The molecule has 0 aromatic carbocycles. The van der Waals surface area contributed by atoms with E-state index in [2.05, 4.69) is 79.4 Å². The van der Waals surface area contributed by atoms with Crippen LogP contribution in [0.25, 0.3) is 0 Å². The van der Waals surface area contributed by atoms with Gasteiger partial charge in [0.15, 0.2) is 16.6 Å². The molecule has 0 aliphatic heterocycles. The summed E-state index contributed by atoms with van der Waals surface area (Å²) in [6, 6.07) is 2.09. The maximum absolute atomic E-state index is 6.91. The molecular formula is C25H50O4Si3. The zero-order chi connectivity index (χ0) is 25.4. The third-order valence-electron chi connectivity index (χ3n) is 5.86. The molecule has 0 rings (SSSR count). The summed E-state index contributed by atoms with van der Waals surface area (Å²) in [6.45, 7) is 38.9. The molecule has 0 aliphatic rings. The molecule has 0 N–H and O–H groups in total. The van der Waals surface area contributed by atoms with E-state index in [1.807, 2.05) is 13.8 Å². The highest BCUT2D eigenvalue weighted by molar-refractivity contribution is 6.86. The van der Waals surface area contributed by atoms with Gasteiger partial charge in [-0.25, -0.2) is 0 Å². The quantitative estimate of drug-likeness (QED) is 0.0882. The average molecular weight is 499 g/mol. The fraction of sp³-hybridized carbons (Fsp3) is 0.680. The van der Waals surface area contributed by atoms with Crippen molar-refractivity contribution in [3.8, 4) is 0 Å². The summed E-state index contributed by atoms with van der Waals surface area (Å²) >= 11 is 0. The standard InChI is InChI=1S/C25H50O4Si3/c1-21(2)23(5)26-17-15-19-30(9,10)28-25(7,8)32(13,14)29-31(11,12)20-16-18-27-24(6)22(3)4/h1,3,5-6,15-20H2,2,4,7-14H3. The van der Waals surface area contributed by atoms with Gasteiger partial charge in [-0.2, -0.15) is 0 Å². The molecule has 7 heteroatoms. The Kier molecular flexibility index (Phi) is 12.2. The minimum atomic E-state index is -2.11. The van der Waals surface area contributed by atoms with Gasteiger partial charge >= 0.3 is 0 Å². The SMILES string of the molecule is C=C(C)C(=C)OCCC[Si](C)(C)OC(C)(C)[Si](C)(C)O[Si](C)(C)CCCOC(=C)C(=C)C. The maximum Gasteiger partial charge on any atom is 0.203 e. The average Bonchev–Trinajstić information content (AvgIpc) is 2.59. The molecule has 0 radical (unpaired) electrons. The molecule has 0 unspecified atom stereocenters. The molecule has 0 saturated heterocycles. The predicted octanol–water partition coefficient (Wildman–Crippen LogP) is 7.95. The fourth-order valence-electron chi connectivity index (χ4n) is 3.36. The third-order valence-corrected chi connectivity index (χ3v) is 17.5. The van der Waals surface area contributed by atoms with Crippen molar-refractivity contribution in [2.75, 3.05) is 13.2 Å². The van der Waals surface area contributed by atoms with Crippen LogP contribution in [-0.2, 0) is 18.0 Å². The monoisotopic (exact) mass is 498 g/mol. The van der Waals surface area contributed by atoms with Gasteiger partial charge in [-0.3, -0.25) is 0 Å². The van der Waals surface area contributed by atoms with Crippen LogP contribution in [0.15, 0.2) is 49.0 Å². The lowest BCUT2D eigenvalue weighted by Gasteiger charge is -2.47. The Morgan fingerprint density at radius 2 is 1.06 bits per heavy atom. The zero-order valence-corrected chi connectivity index (χ0v) is 25.7. The summed E-state index contributed by atoms with van der Waals surface area (Å²) in [6.07, 6.45) is 1.92. The molecule has 0 spiro atoms. The first-order valence-corrected chi connectivity index (χ1v) is 20.8. The van der Waals surface area contributed by atoms with Crippen LogP contribution in [0.4, 0.5) is 0 Å². The van der Waals surface area contributed by atoms with Gasteiger partial charge in [-0.15, -0.1) is 0 Å². The molecular weight excluding hydrogens is 449 g/mol. The Labute approximate surface area is 202 Å². The highest BCUT2D eigenvalue weighted by Crippen LogP contribution is 2.34. The lowest BCUT2D eigenvalue weighted by Crippen LogP contribution is -2.62. The maximum atomic E-state index is 6.91. The molecule has 0 aromatic rings. The molecule has 0 saturated carbocycles. The van der Waals surface area contributed by atoms with Crippen LogP contribution in [0.1, 0.15) is 40.5 Å². The van der Waals surface area contributed by atoms with E-state index in [4.69, 9.17) is 18.0 Å². The van der Waals surface area contributed by atoms with Crippen molar-refractivity contribution in [2.45, 2.75) is 97.1 Å². The third kappa shape index (κ3) is 11.8. The molecule has 0 bridgehead atoms. The lowest BCUT2D eigenvalue weighted by atomic mass is 10.3. The molecule has 32 heavy (non-hydrogen) atoms. The second-order valence-electron chi connectivity index (χ2n) is 11.1. The first-order chi connectivity index (χ1) is 14.3. The van der Waals surface area contributed by atoms with Crippen molar-refractivity contribution in [2.24, 2.45) is 0 Å². The van der Waals surface area contributed by atoms with Crippen LogP contribution in [0.5, 0.6) is 0 Å². The van der Waals surface area contributed by atoms with Crippen molar-refractivity contribution in [3.63, 3.8) is 0 Å². The normalized spacial score (nSPS) is 12.9. The van der Waals surface area contributed by atoms with Crippen LogP contribution in [0.3, 0.4) is 0 Å². The fourth-order valence-corrected chi connectivity index (χ4v) is 15.6. The van der Waals surface area contributed by atoms with Crippen molar-refractivity contribution in [1.82, 2.24) is 0 Å². The number of ether oxygens (including phenoxy) is 2. The Hall–Kier alpha value is -0.869. The first-order valence-electron chi connectivity index (χ1n) is 11.7. The van der Waals surface area contributed by atoms with E-state index in [0.29, 0.717) is 24.7 Å². The lowest BCUT2D eigenvalue weighted by molar-refractivity contribution is 0.152. The number of hydrogen-bond donors (Lipinski definition) is 0. The van der Waals surface area contributed by atoms with Gasteiger partial charge in [0.1, 0.15) is 11.5 Å². The van der Waals surface area contributed by atoms with Crippen molar-refractivity contribution in [1.29, 1.82) is 0 Å². The number of hydrogen-bond acceptors (Lipinski definition) is 4. The summed E-state index contributed by atoms with van der Waals surface area (Å²) in [5, 5.41) is -0.264. The van der Waals surface area contributed by atoms with E-state index in [9.17, 15) is 0 Å². The molecule has 0 aliphatic carbocycles. The Bertz CT molecular complexity index is 621. The van der Waals surface area contributed by atoms with E-state index in [1.54, 1.807) is 0 Å². The molecule has 0 aromatic heterocycles. The van der Waals surface area contributed by atoms with E-state index in [1.165, 1.54) is 0 Å². The minimum Gasteiger partial charge on any atom is -0.494 e. The van der Waals surface area contributed by atoms with E-state index in [-0.39, 0.29) is 5.22 Å². The van der Waals surface area contributed by atoms with E-state index >= 15 is 0 Å². The van der Waals surface area contributed by atoms with Crippen molar-refractivity contribution >= 4 is 25.0 Å². The predicted molar refractivity (Wildman–Crippen MR) is 147 cm³/mol. The van der Waals surface area contributed by atoms with E-state index < -0.39 is 25.0 Å². The van der Waals surface area contributed by atoms with Gasteiger partial charge in [0.25, 0.3) is 0 Å². The van der Waals surface area contributed by atoms with Crippen molar-refractivity contribution in [3.05, 3.63) is 49.0 Å². The first kappa shape index (κ1) is 31.1. The number of rotatable bonds is 17. The molecule has 0 atom stereocenters. The van der Waals surface area contributed by atoms with Crippen molar-refractivity contribution < 1.29 is 18.0 Å². The Balaban J connectivity index is 4.78. The van der Waals surface area contributed by atoms with Crippen LogP contribution in [-0.4, -0.2) is 43.4 Å². The Morgan fingerprint density at radius 1 is 0.688 bits per heavy atom. The van der Waals surface area contributed by atoms with Gasteiger partial charge in [0.2, 0.25) is 8.32 Å².